The lowest BCUT2D eigenvalue weighted by Crippen LogP contribution is -2.03. The molecule has 0 aliphatic heterocycles. The minimum Gasteiger partial charge on any atom is -0.260 e. The maximum atomic E-state index is 4.64. The Bertz CT molecular complexity index is 427. The lowest BCUT2D eigenvalue weighted by atomic mass is 10.1. The van der Waals surface area contributed by atoms with Gasteiger partial charge >= 0.3 is 0 Å². The van der Waals surface area contributed by atoms with Crippen molar-refractivity contribution in [2.75, 3.05) is 0 Å². The van der Waals surface area contributed by atoms with Gasteiger partial charge in [-0.05, 0) is 31.9 Å². The molecule has 0 aliphatic rings. The third kappa shape index (κ3) is 1.62. The van der Waals surface area contributed by atoms with Gasteiger partial charge in [0.15, 0.2) is 0 Å². The maximum absolute atomic E-state index is 4.64. The molecule has 0 aromatic carbocycles. The van der Waals surface area contributed by atoms with Crippen molar-refractivity contribution in [3.05, 3.63) is 24.0 Å². The van der Waals surface area contributed by atoms with Gasteiger partial charge in [-0.2, -0.15) is 5.10 Å². The topological polar surface area (TPSA) is 30.7 Å². The van der Waals surface area contributed by atoms with Crippen LogP contribution in [0.5, 0.6) is 0 Å². The van der Waals surface area contributed by atoms with Crippen molar-refractivity contribution < 1.29 is 0 Å². The van der Waals surface area contributed by atoms with Crippen molar-refractivity contribution in [1.29, 1.82) is 0 Å². The molecule has 2 rings (SSSR count). The summed E-state index contributed by atoms with van der Waals surface area (Å²) in [5, 5.41) is 4.64. The highest BCUT2D eigenvalue weighted by molar-refractivity contribution is 5.77. The predicted molar refractivity (Wildman–Crippen MR) is 62.0 cm³/mol. The molecule has 2 aromatic heterocycles. The summed E-state index contributed by atoms with van der Waals surface area (Å²) >= 11 is 0. The quantitative estimate of drug-likeness (QED) is 0.750. The van der Waals surface area contributed by atoms with E-state index in [1.807, 2.05) is 12.3 Å². The van der Waals surface area contributed by atoms with Gasteiger partial charge in [0.05, 0.1) is 11.2 Å². The van der Waals surface area contributed by atoms with E-state index in [2.05, 4.69) is 48.5 Å². The van der Waals surface area contributed by atoms with Crippen molar-refractivity contribution in [3.8, 4) is 0 Å². The minimum atomic E-state index is 0.379. The molecule has 3 nitrogen and oxygen atoms in total. The zero-order valence-corrected chi connectivity index (χ0v) is 9.73. The van der Waals surface area contributed by atoms with E-state index in [1.165, 1.54) is 0 Å². The highest BCUT2D eigenvalue weighted by Crippen LogP contribution is 2.24. The molecular formula is C12H17N3. The van der Waals surface area contributed by atoms with E-state index in [0.29, 0.717) is 12.0 Å². The summed E-state index contributed by atoms with van der Waals surface area (Å²) in [6.07, 6.45) is 1.83. The van der Waals surface area contributed by atoms with Gasteiger partial charge in [0.25, 0.3) is 0 Å². The monoisotopic (exact) mass is 203 g/mol. The predicted octanol–water partition coefficient (Wildman–Crippen LogP) is 3.14. The molecule has 15 heavy (non-hydrogen) atoms. The van der Waals surface area contributed by atoms with Crippen LogP contribution in [0.2, 0.25) is 0 Å². The van der Waals surface area contributed by atoms with E-state index in [9.17, 15) is 0 Å². The lowest BCUT2D eigenvalue weighted by molar-refractivity contribution is 0.539. The smallest absolute Gasteiger partial charge is 0.112 e. The molecule has 0 radical (unpaired) electrons. The van der Waals surface area contributed by atoms with Crippen molar-refractivity contribution in [1.82, 2.24) is 14.8 Å². The van der Waals surface area contributed by atoms with Crippen LogP contribution in [0.4, 0.5) is 0 Å². The highest BCUT2D eigenvalue weighted by atomic mass is 15.3. The first-order chi connectivity index (χ1) is 7.11. The molecule has 2 aromatic rings. The number of rotatable bonds is 2. The Kier molecular flexibility index (Phi) is 2.47. The molecule has 0 aliphatic carbocycles. The average molecular weight is 203 g/mol. The van der Waals surface area contributed by atoms with Crippen LogP contribution >= 0.6 is 0 Å². The zero-order valence-electron chi connectivity index (χ0n) is 9.73. The standard InChI is InChI=1S/C12H17N3/c1-8(2)11-12-10(6-5-7-13-12)15(14-11)9(3)4/h5-9H,1-4H3. The molecule has 0 saturated carbocycles. The Labute approximate surface area is 90.1 Å². The third-order valence-corrected chi connectivity index (χ3v) is 2.53. The van der Waals surface area contributed by atoms with Crippen molar-refractivity contribution >= 4 is 11.0 Å². The first-order valence-electron chi connectivity index (χ1n) is 5.44. The fourth-order valence-electron chi connectivity index (χ4n) is 1.78. The second-order valence-corrected chi connectivity index (χ2v) is 4.45. The third-order valence-electron chi connectivity index (χ3n) is 2.53. The Balaban J connectivity index is 2.73. The zero-order chi connectivity index (χ0) is 11.0. The number of hydrogen-bond acceptors (Lipinski definition) is 2. The second-order valence-electron chi connectivity index (χ2n) is 4.45. The van der Waals surface area contributed by atoms with Crippen molar-refractivity contribution in [2.24, 2.45) is 0 Å². The first kappa shape index (κ1) is 10.1. The molecule has 0 atom stereocenters. The molecule has 0 fully saturated rings. The SMILES string of the molecule is CC(C)c1nn(C(C)C)c2cccnc12. The van der Waals surface area contributed by atoms with Gasteiger partial charge in [-0.25, -0.2) is 0 Å². The Morgan fingerprint density at radius 2 is 1.93 bits per heavy atom. The molecule has 0 amide bonds. The van der Waals surface area contributed by atoms with Crippen LogP contribution in [0.25, 0.3) is 11.0 Å². The summed E-state index contributed by atoms with van der Waals surface area (Å²) in [6, 6.07) is 4.43. The summed E-state index contributed by atoms with van der Waals surface area (Å²) in [5.41, 5.74) is 3.27. The molecule has 0 spiro atoms. The van der Waals surface area contributed by atoms with Crippen LogP contribution in [0.1, 0.15) is 45.3 Å². The molecule has 0 saturated heterocycles. The summed E-state index contributed by atoms with van der Waals surface area (Å²) in [4.78, 5) is 4.42. The normalized spacial score (nSPS) is 11.9. The van der Waals surface area contributed by atoms with E-state index >= 15 is 0 Å². The van der Waals surface area contributed by atoms with Crippen LogP contribution in [0.3, 0.4) is 0 Å². The largest absolute Gasteiger partial charge is 0.260 e. The number of nitrogens with zero attached hydrogens (tertiary/aromatic N) is 3. The molecule has 0 N–H and O–H groups in total. The van der Waals surface area contributed by atoms with Gasteiger partial charge in [0.1, 0.15) is 5.52 Å². The number of hydrogen-bond donors (Lipinski definition) is 0. The fraction of sp³-hybridized carbons (Fsp3) is 0.500. The van der Waals surface area contributed by atoms with Gasteiger partial charge in [0.2, 0.25) is 0 Å². The summed E-state index contributed by atoms with van der Waals surface area (Å²) in [7, 11) is 0. The van der Waals surface area contributed by atoms with E-state index in [-0.39, 0.29) is 0 Å². The second kappa shape index (κ2) is 3.65. The van der Waals surface area contributed by atoms with Gasteiger partial charge in [-0.1, -0.05) is 13.8 Å². The van der Waals surface area contributed by atoms with E-state index in [4.69, 9.17) is 0 Å². The van der Waals surface area contributed by atoms with Crippen molar-refractivity contribution in [2.45, 2.75) is 39.7 Å². The van der Waals surface area contributed by atoms with E-state index < -0.39 is 0 Å². The van der Waals surface area contributed by atoms with Crippen LogP contribution in [-0.2, 0) is 0 Å². The van der Waals surface area contributed by atoms with Crippen LogP contribution < -0.4 is 0 Å². The van der Waals surface area contributed by atoms with Gasteiger partial charge in [0, 0.05) is 12.2 Å². The van der Waals surface area contributed by atoms with Crippen LogP contribution in [-0.4, -0.2) is 14.8 Å². The fourth-order valence-corrected chi connectivity index (χ4v) is 1.78. The Hall–Kier alpha value is -1.38. The lowest BCUT2D eigenvalue weighted by Gasteiger charge is -2.06. The Morgan fingerprint density at radius 1 is 1.20 bits per heavy atom. The molecule has 0 unspecified atom stereocenters. The molecular weight excluding hydrogens is 186 g/mol. The average Bonchev–Trinajstić information content (AvgIpc) is 2.56. The number of fused-ring (bicyclic) bond motifs is 1. The first-order valence-corrected chi connectivity index (χ1v) is 5.44. The van der Waals surface area contributed by atoms with Crippen molar-refractivity contribution in [3.63, 3.8) is 0 Å². The van der Waals surface area contributed by atoms with E-state index in [1.54, 1.807) is 0 Å². The molecule has 3 heteroatoms. The molecule has 2 heterocycles. The summed E-state index contributed by atoms with van der Waals surface area (Å²) in [6.45, 7) is 8.59. The molecule has 80 valence electrons. The van der Waals surface area contributed by atoms with Gasteiger partial charge < -0.3 is 0 Å². The van der Waals surface area contributed by atoms with Crippen LogP contribution in [0.15, 0.2) is 18.3 Å². The molecule has 0 bridgehead atoms. The van der Waals surface area contributed by atoms with Crippen LogP contribution in [0, 0.1) is 0 Å². The van der Waals surface area contributed by atoms with Gasteiger partial charge in [-0.3, -0.25) is 9.67 Å². The highest BCUT2D eigenvalue weighted by Gasteiger charge is 2.15. The minimum absolute atomic E-state index is 0.379. The summed E-state index contributed by atoms with van der Waals surface area (Å²) in [5.74, 6) is 0.419. The number of pyridine rings is 1. The van der Waals surface area contributed by atoms with Gasteiger partial charge in [-0.15, -0.1) is 0 Å². The maximum Gasteiger partial charge on any atom is 0.112 e. The van der Waals surface area contributed by atoms with E-state index in [0.717, 1.165) is 16.7 Å². The number of aromatic nitrogens is 3. The summed E-state index contributed by atoms with van der Waals surface area (Å²) < 4.78 is 2.05. The Morgan fingerprint density at radius 3 is 2.53 bits per heavy atom.